The average Bonchev–Trinajstić information content (AvgIpc) is 2.27. The molecule has 0 atom stereocenters. The number of hydrogen-bond donors (Lipinski definition) is 2. The van der Waals surface area contributed by atoms with E-state index >= 15 is 0 Å². The molecule has 86 valence electrons. The van der Waals surface area contributed by atoms with Crippen molar-refractivity contribution >= 4 is 29.2 Å². The average molecular weight is 241 g/mol. The number of nitrogens with zero attached hydrogens (tertiary/aromatic N) is 1. The second-order valence-corrected chi connectivity index (χ2v) is 3.73. The molecule has 0 aliphatic carbocycles. The molecule has 2 N–H and O–H groups in total. The summed E-state index contributed by atoms with van der Waals surface area (Å²) in [5, 5.41) is 15.5. The summed E-state index contributed by atoms with van der Waals surface area (Å²) in [7, 11) is 0. The lowest BCUT2D eigenvalue weighted by Crippen LogP contribution is -2.28. The van der Waals surface area contributed by atoms with Crippen molar-refractivity contribution in [3.05, 3.63) is 34.4 Å². The third-order valence-electron chi connectivity index (χ3n) is 1.71. The van der Waals surface area contributed by atoms with Gasteiger partial charge >= 0.3 is 6.03 Å². The Balaban J connectivity index is 2.55. The number of nitro groups is 1. The quantitative estimate of drug-likeness (QED) is 0.480. The van der Waals surface area contributed by atoms with Gasteiger partial charge in [0.1, 0.15) is 0 Å². The zero-order valence-corrected chi connectivity index (χ0v) is 9.41. The van der Waals surface area contributed by atoms with Gasteiger partial charge in [-0.3, -0.25) is 10.1 Å². The first-order valence-electron chi connectivity index (χ1n) is 4.41. The summed E-state index contributed by atoms with van der Waals surface area (Å²) < 4.78 is 0. The van der Waals surface area contributed by atoms with Crippen LogP contribution >= 0.6 is 11.8 Å². The number of carbonyl (C=O) groups is 1. The fraction of sp³-hybridized carbons (Fsp3) is 0.222. The summed E-state index contributed by atoms with van der Waals surface area (Å²) in [6.07, 6.45) is 1.87. The second-order valence-electron chi connectivity index (χ2n) is 2.87. The number of urea groups is 1. The molecule has 6 nitrogen and oxygen atoms in total. The molecule has 0 saturated heterocycles. The van der Waals surface area contributed by atoms with Crippen LogP contribution in [-0.2, 0) is 0 Å². The Labute approximate surface area is 96.6 Å². The van der Waals surface area contributed by atoms with Crippen molar-refractivity contribution < 1.29 is 9.72 Å². The van der Waals surface area contributed by atoms with E-state index in [1.807, 2.05) is 6.26 Å². The minimum absolute atomic E-state index is 0.00456. The molecule has 16 heavy (non-hydrogen) atoms. The van der Waals surface area contributed by atoms with Gasteiger partial charge in [0, 0.05) is 17.8 Å². The monoisotopic (exact) mass is 241 g/mol. The number of nitro benzene ring substituents is 1. The molecule has 7 heteroatoms. The van der Waals surface area contributed by atoms with Crippen molar-refractivity contribution in [3.63, 3.8) is 0 Å². The lowest BCUT2D eigenvalue weighted by molar-refractivity contribution is -0.384. The first-order valence-corrected chi connectivity index (χ1v) is 5.81. The SMILES string of the molecule is CSCNC(=O)Nc1ccc([N+](=O)[O-])cc1. The molecular formula is C9H11N3O3S. The largest absolute Gasteiger partial charge is 0.329 e. The first-order chi connectivity index (χ1) is 7.63. The fourth-order valence-corrected chi connectivity index (χ4v) is 1.25. The lowest BCUT2D eigenvalue weighted by atomic mass is 10.3. The molecule has 2 amide bonds. The van der Waals surface area contributed by atoms with Crippen LogP contribution in [0.1, 0.15) is 0 Å². The van der Waals surface area contributed by atoms with E-state index in [0.29, 0.717) is 11.6 Å². The van der Waals surface area contributed by atoms with Crippen molar-refractivity contribution in [2.24, 2.45) is 0 Å². The highest BCUT2D eigenvalue weighted by molar-refractivity contribution is 7.98. The molecule has 0 aliphatic rings. The van der Waals surface area contributed by atoms with Crippen LogP contribution in [-0.4, -0.2) is 23.1 Å². The normalized spacial score (nSPS) is 9.56. The van der Waals surface area contributed by atoms with Crippen molar-refractivity contribution in [3.8, 4) is 0 Å². The maximum absolute atomic E-state index is 11.2. The van der Waals surface area contributed by atoms with Crippen LogP contribution in [0.3, 0.4) is 0 Å². The van der Waals surface area contributed by atoms with E-state index in [0.717, 1.165) is 0 Å². The number of nitrogens with one attached hydrogen (secondary N) is 2. The molecule has 1 rings (SSSR count). The molecule has 0 saturated carbocycles. The predicted octanol–water partition coefficient (Wildman–Crippen LogP) is 2.04. The summed E-state index contributed by atoms with van der Waals surface area (Å²) in [5.41, 5.74) is 0.513. The van der Waals surface area contributed by atoms with Crippen LogP contribution in [0.2, 0.25) is 0 Å². The number of anilines is 1. The van der Waals surface area contributed by atoms with Crippen molar-refractivity contribution in [1.82, 2.24) is 5.32 Å². The standard InChI is InChI=1S/C9H11N3O3S/c1-16-6-10-9(13)11-7-2-4-8(5-3-7)12(14)15/h2-5H,6H2,1H3,(H2,10,11,13). The van der Waals surface area contributed by atoms with Gasteiger partial charge in [-0.25, -0.2) is 4.79 Å². The Morgan fingerprint density at radius 1 is 1.44 bits per heavy atom. The van der Waals surface area contributed by atoms with Gasteiger partial charge in [0.05, 0.1) is 10.8 Å². The molecule has 0 spiro atoms. The Kier molecular flexibility index (Phi) is 4.59. The highest BCUT2D eigenvalue weighted by Crippen LogP contribution is 2.15. The summed E-state index contributed by atoms with van der Waals surface area (Å²) >= 11 is 1.49. The Morgan fingerprint density at radius 2 is 2.06 bits per heavy atom. The van der Waals surface area contributed by atoms with Gasteiger partial charge in [-0.15, -0.1) is 11.8 Å². The highest BCUT2D eigenvalue weighted by atomic mass is 32.2. The van der Waals surface area contributed by atoms with Crippen LogP contribution in [0, 0.1) is 10.1 Å². The molecule has 0 bridgehead atoms. The van der Waals surface area contributed by atoms with Crippen LogP contribution < -0.4 is 10.6 Å². The third-order valence-corrected chi connectivity index (χ3v) is 2.15. The maximum atomic E-state index is 11.2. The number of benzene rings is 1. The highest BCUT2D eigenvalue weighted by Gasteiger charge is 2.05. The van der Waals surface area contributed by atoms with Crippen LogP contribution in [0.4, 0.5) is 16.2 Å². The molecule has 0 heterocycles. The van der Waals surface area contributed by atoms with Gasteiger partial charge in [-0.2, -0.15) is 0 Å². The summed E-state index contributed by atoms with van der Waals surface area (Å²) in [5.74, 6) is 0.513. The summed E-state index contributed by atoms with van der Waals surface area (Å²) in [6.45, 7) is 0. The van der Waals surface area contributed by atoms with E-state index in [-0.39, 0.29) is 11.7 Å². The molecule has 0 aliphatic heterocycles. The zero-order valence-electron chi connectivity index (χ0n) is 8.60. The van der Waals surface area contributed by atoms with Crippen molar-refractivity contribution in [1.29, 1.82) is 0 Å². The molecule has 1 aromatic rings. The van der Waals surface area contributed by atoms with Gasteiger partial charge < -0.3 is 10.6 Å². The number of rotatable bonds is 4. The summed E-state index contributed by atoms with van der Waals surface area (Å²) in [4.78, 5) is 21.1. The number of carbonyl (C=O) groups excluding carboxylic acids is 1. The van der Waals surface area contributed by atoms with Crippen LogP contribution in [0.15, 0.2) is 24.3 Å². The van der Waals surface area contributed by atoms with Crippen LogP contribution in [0.25, 0.3) is 0 Å². The van der Waals surface area contributed by atoms with E-state index in [2.05, 4.69) is 10.6 Å². The van der Waals surface area contributed by atoms with Crippen molar-refractivity contribution in [2.45, 2.75) is 0 Å². The van der Waals surface area contributed by atoms with E-state index in [1.54, 1.807) is 0 Å². The second kappa shape index (κ2) is 5.96. The van der Waals surface area contributed by atoms with Gasteiger partial charge in [0.2, 0.25) is 0 Å². The minimum Gasteiger partial charge on any atom is -0.329 e. The molecule has 0 fully saturated rings. The van der Waals surface area contributed by atoms with Gasteiger partial charge in [-0.1, -0.05) is 0 Å². The zero-order chi connectivity index (χ0) is 12.0. The minimum atomic E-state index is -0.489. The number of non-ortho nitro benzene ring substituents is 1. The predicted molar refractivity (Wildman–Crippen MR) is 63.6 cm³/mol. The fourth-order valence-electron chi connectivity index (χ4n) is 0.979. The molecule has 0 radical (unpaired) electrons. The van der Waals surface area contributed by atoms with E-state index in [1.165, 1.54) is 36.0 Å². The van der Waals surface area contributed by atoms with E-state index in [9.17, 15) is 14.9 Å². The molecule has 0 unspecified atom stereocenters. The lowest BCUT2D eigenvalue weighted by Gasteiger charge is -2.05. The van der Waals surface area contributed by atoms with E-state index in [4.69, 9.17) is 0 Å². The maximum Gasteiger partial charge on any atom is 0.319 e. The molecular weight excluding hydrogens is 230 g/mol. The number of thioether (sulfide) groups is 1. The molecule has 1 aromatic carbocycles. The Hall–Kier alpha value is -1.76. The molecule has 0 aromatic heterocycles. The van der Waals surface area contributed by atoms with Gasteiger partial charge in [0.25, 0.3) is 5.69 Å². The smallest absolute Gasteiger partial charge is 0.319 e. The topological polar surface area (TPSA) is 84.3 Å². The first kappa shape index (κ1) is 12.3. The Morgan fingerprint density at radius 3 is 2.56 bits per heavy atom. The van der Waals surface area contributed by atoms with E-state index < -0.39 is 4.92 Å². The summed E-state index contributed by atoms with van der Waals surface area (Å²) in [6, 6.07) is 5.31. The number of amides is 2. The Bertz CT molecular complexity index is 380. The van der Waals surface area contributed by atoms with Gasteiger partial charge in [-0.05, 0) is 18.4 Å². The van der Waals surface area contributed by atoms with Crippen LogP contribution in [0.5, 0.6) is 0 Å². The van der Waals surface area contributed by atoms with Crippen molar-refractivity contribution in [2.75, 3.05) is 17.4 Å². The van der Waals surface area contributed by atoms with Gasteiger partial charge in [0.15, 0.2) is 0 Å². The third kappa shape index (κ3) is 3.77. The number of hydrogen-bond acceptors (Lipinski definition) is 4.